The number of carbonyl (C=O) groups excluding carboxylic acids is 2. The first-order valence-corrected chi connectivity index (χ1v) is 6.92. The summed E-state index contributed by atoms with van der Waals surface area (Å²) < 4.78 is 0.891. The third-order valence-corrected chi connectivity index (χ3v) is 3.24. The number of aromatic hydroxyl groups is 1. The molecule has 5 nitrogen and oxygen atoms in total. The fourth-order valence-electron chi connectivity index (χ4n) is 1.72. The highest BCUT2D eigenvalue weighted by Gasteiger charge is 2.15. The molecule has 0 heterocycles. The third-order valence-electron chi connectivity index (χ3n) is 2.75. The predicted octanol–water partition coefficient (Wildman–Crippen LogP) is 3.04. The lowest BCUT2D eigenvalue weighted by Crippen LogP contribution is -2.29. The Kier molecular flexibility index (Phi) is 4.59. The molecule has 2 rings (SSSR count). The first-order chi connectivity index (χ1) is 9.95. The summed E-state index contributed by atoms with van der Waals surface area (Å²) in [5.41, 5.74) is 1.75. The number of anilines is 2. The average Bonchev–Trinajstić information content (AvgIpc) is 2.41. The molecule has 21 heavy (non-hydrogen) atoms. The van der Waals surface area contributed by atoms with Gasteiger partial charge in [0.25, 0.3) is 0 Å². The largest absolute Gasteiger partial charge is 0.508 e. The number of phenolic OH excluding ortho intramolecular Hbond substituents is 1. The highest BCUT2D eigenvalue weighted by molar-refractivity contribution is 9.10. The van der Waals surface area contributed by atoms with Crippen molar-refractivity contribution >= 4 is 39.1 Å². The average molecular weight is 349 g/mol. The van der Waals surface area contributed by atoms with Crippen LogP contribution in [0.2, 0.25) is 0 Å². The van der Waals surface area contributed by atoms with E-state index in [1.54, 1.807) is 24.3 Å². The number of hydrogen-bond donors (Lipinski definition) is 3. The molecule has 2 aromatic rings. The molecule has 6 heteroatoms. The van der Waals surface area contributed by atoms with Gasteiger partial charge in [-0.1, -0.05) is 22.0 Å². The van der Waals surface area contributed by atoms with Crippen LogP contribution in [0, 0.1) is 6.92 Å². The van der Waals surface area contributed by atoms with Crippen molar-refractivity contribution in [1.29, 1.82) is 0 Å². The maximum absolute atomic E-state index is 11.8. The van der Waals surface area contributed by atoms with Gasteiger partial charge in [0.05, 0.1) is 0 Å². The molecule has 0 bridgehead atoms. The van der Waals surface area contributed by atoms with Gasteiger partial charge in [-0.05, 0) is 42.8 Å². The van der Waals surface area contributed by atoms with E-state index in [2.05, 4.69) is 26.6 Å². The zero-order valence-corrected chi connectivity index (χ0v) is 12.8. The van der Waals surface area contributed by atoms with Gasteiger partial charge in [0.15, 0.2) is 0 Å². The van der Waals surface area contributed by atoms with Crippen LogP contribution in [0.25, 0.3) is 0 Å². The molecule has 3 N–H and O–H groups in total. The third kappa shape index (κ3) is 4.06. The van der Waals surface area contributed by atoms with E-state index in [1.807, 2.05) is 13.0 Å². The predicted molar refractivity (Wildman–Crippen MR) is 84.2 cm³/mol. The van der Waals surface area contributed by atoms with Crippen molar-refractivity contribution in [3.05, 3.63) is 52.5 Å². The molecular weight excluding hydrogens is 336 g/mol. The van der Waals surface area contributed by atoms with Crippen LogP contribution in [0.15, 0.2) is 46.9 Å². The Bertz CT molecular complexity index is 701. The molecule has 0 saturated heterocycles. The van der Waals surface area contributed by atoms with Crippen LogP contribution < -0.4 is 10.6 Å². The van der Waals surface area contributed by atoms with Crippen LogP contribution in [0.5, 0.6) is 5.75 Å². The van der Waals surface area contributed by atoms with Crippen molar-refractivity contribution < 1.29 is 14.7 Å². The van der Waals surface area contributed by atoms with E-state index < -0.39 is 11.8 Å². The fourth-order valence-corrected chi connectivity index (χ4v) is 2.19. The van der Waals surface area contributed by atoms with Crippen molar-refractivity contribution in [3.63, 3.8) is 0 Å². The number of rotatable bonds is 2. The van der Waals surface area contributed by atoms with Crippen LogP contribution in [0.3, 0.4) is 0 Å². The van der Waals surface area contributed by atoms with E-state index in [4.69, 9.17) is 0 Å². The lowest BCUT2D eigenvalue weighted by atomic mass is 10.2. The summed E-state index contributed by atoms with van der Waals surface area (Å²) in [7, 11) is 0. The topological polar surface area (TPSA) is 78.4 Å². The quantitative estimate of drug-likeness (QED) is 0.730. The highest BCUT2D eigenvalue weighted by atomic mass is 79.9. The molecule has 0 aliphatic heterocycles. The fraction of sp³-hybridized carbons (Fsp3) is 0.0667. The lowest BCUT2D eigenvalue weighted by Gasteiger charge is -2.09. The molecule has 108 valence electrons. The van der Waals surface area contributed by atoms with Crippen molar-refractivity contribution in [2.24, 2.45) is 0 Å². The molecule has 0 aliphatic rings. The molecule has 0 atom stereocenters. The Morgan fingerprint density at radius 2 is 1.76 bits per heavy atom. The summed E-state index contributed by atoms with van der Waals surface area (Å²) in [5.74, 6) is -1.57. The minimum Gasteiger partial charge on any atom is -0.508 e. The Morgan fingerprint density at radius 1 is 1.05 bits per heavy atom. The number of amides is 2. The number of halogens is 1. The van der Waals surface area contributed by atoms with E-state index in [0.717, 1.165) is 10.0 Å². The van der Waals surface area contributed by atoms with Crippen LogP contribution in [0.1, 0.15) is 5.56 Å². The van der Waals surface area contributed by atoms with Gasteiger partial charge in [0.2, 0.25) is 0 Å². The number of aryl methyl sites for hydroxylation is 1. The Hall–Kier alpha value is -2.34. The minimum absolute atomic E-state index is 0.0111. The standard InChI is InChI=1S/C15H13BrN2O3/c1-9-7-10(16)5-6-13(9)18-15(21)14(20)17-11-3-2-4-12(19)8-11/h2-8,19H,1H3,(H,17,20)(H,18,21). The Morgan fingerprint density at radius 3 is 2.43 bits per heavy atom. The highest BCUT2D eigenvalue weighted by Crippen LogP contribution is 2.20. The van der Waals surface area contributed by atoms with Crippen LogP contribution in [0.4, 0.5) is 11.4 Å². The number of carbonyl (C=O) groups is 2. The number of phenols is 1. The SMILES string of the molecule is Cc1cc(Br)ccc1NC(=O)C(=O)Nc1cccc(O)c1. The smallest absolute Gasteiger partial charge is 0.314 e. The molecule has 0 aromatic heterocycles. The van der Waals surface area contributed by atoms with Gasteiger partial charge in [-0.3, -0.25) is 9.59 Å². The summed E-state index contributed by atoms with van der Waals surface area (Å²) >= 11 is 3.33. The molecule has 2 aromatic carbocycles. The maximum atomic E-state index is 11.8. The van der Waals surface area contributed by atoms with Crippen molar-refractivity contribution in [3.8, 4) is 5.75 Å². The van der Waals surface area contributed by atoms with Gasteiger partial charge in [0, 0.05) is 21.9 Å². The van der Waals surface area contributed by atoms with Crippen LogP contribution in [-0.2, 0) is 9.59 Å². The summed E-state index contributed by atoms with van der Waals surface area (Å²) in [6.45, 7) is 1.83. The van der Waals surface area contributed by atoms with E-state index in [9.17, 15) is 14.7 Å². The van der Waals surface area contributed by atoms with E-state index in [0.29, 0.717) is 11.4 Å². The van der Waals surface area contributed by atoms with E-state index >= 15 is 0 Å². The van der Waals surface area contributed by atoms with Crippen molar-refractivity contribution in [1.82, 2.24) is 0 Å². The van der Waals surface area contributed by atoms with Gasteiger partial charge in [-0.25, -0.2) is 0 Å². The Labute approximate surface area is 130 Å². The van der Waals surface area contributed by atoms with E-state index in [1.165, 1.54) is 12.1 Å². The second-order valence-electron chi connectivity index (χ2n) is 4.42. The van der Waals surface area contributed by atoms with Gasteiger partial charge < -0.3 is 15.7 Å². The zero-order valence-electron chi connectivity index (χ0n) is 11.2. The molecule has 0 spiro atoms. The van der Waals surface area contributed by atoms with Gasteiger partial charge >= 0.3 is 11.8 Å². The van der Waals surface area contributed by atoms with Gasteiger partial charge in [0.1, 0.15) is 5.75 Å². The number of hydrogen-bond acceptors (Lipinski definition) is 3. The zero-order chi connectivity index (χ0) is 15.4. The first-order valence-electron chi connectivity index (χ1n) is 6.13. The van der Waals surface area contributed by atoms with Crippen molar-refractivity contribution in [2.45, 2.75) is 6.92 Å². The number of benzene rings is 2. The molecule has 0 radical (unpaired) electrons. The van der Waals surface area contributed by atoms with Crippen LogP contribution >= 0.6 is 15.9 Å². The normalized spacial score (nSPS) is 10.0. The summed E-state index contributed by atoms with van der Waals surface area (Å²) in [6, 6.07) is 11.3. The second-order valence-corrected chi connectivity index (χ2v) is 5.33. The first kappa shape index (κ1) is 15.1. The minimum atomic E-state index is -0.803. The molecule has 2 amide bonds. The molecular formula is C15H13BrN2O3. The maximum Gasteiger partial charge on any atom is 0.314 e. The lowest BCUT2D eigenvalue weighted by molar-refractivity contribution is -0.133. The Balaban J connectivity index is 2.04. The second kappa shape index (κ2) is 6.41. The molecule has 0 aliphatic carbocycles. The molecule has 0 fully saturated rings. The summed E-state index contributed by atoms with van der Waals surface area (Å²) in [5, 5.41) is 14.3. The van der Waals surface area contributed by atoms with Gasteiger partial charge in [-0.2, -0.15) is 0 Å². The van der Waals surface area contributed by atoms with E-state index in [-0.39, 0.29) is 5.75 Å². The summed E-state index contributed by atoms with van der Waals surface area (Å²) in [4.78, 5) is 23.6. The molecule has 0 saturated carbocycles. The van der Waals surface area contributed by atoms with Crippen molar-refractivity contribution in [2.75, 3.05) is 10.6 Å². The van der Waals surface area contributed by atoms with Crippen LogP contribution in [-0.4, -0.2) is 16.9 Å². The molecule has 0 unspecified atom stereocenters. The number of nitrogens with one attached hydrogen (secondary N) is 2. The van der Waals surface area contributed by atoms with Gasteiger partial charge in [-0.15, -0.1) is 0 Å². The monoisotopic (exact) mass is 348 g/mol. The summed E-state index contributed by atoms with van der Waals surface area (Å²) in [6.07, 6.45) is 0.